The first-order valence-electron chi connectivity index (χ1n) is 5.53. The van der Waals surface area contributed by atoms with Crippen molar-refractivity contribution in [2.45, 2.75) is 33.3 Å². The summed E-state index contributed by atoms with van der Waals surface area (Å²) in [5.41, 5.74) is -0.924. The highest BCUT2D eigenvalue weighted by molar-refractivity contribution is 5.88. The van der Waals surface area contributed by atoms with Gasteiger partial charge < -0.3 is 14.5 Å². The fourth-order valence-corrected chi connectivity index (χ4v) is 1.41. The minimum absolute atomic E-state index is 0.256. The largest absolute Gasteiger partial charge is 0.389 e. The van der Waals surface area contributed by atoms with Gasteiger partial charge in [0.1, 0.15) is 5.76 Å². The third-order valence-electron chi connectivity index (χ3n) is 2.11. The Morgan fingerprint density at radius 1 is 1.65 bits per heavy atom. The van der Waals surface area contributed by atoms with Gasteiger partial charge in [-0.25, -0.2) is 4.79 Å². The molecule has 0 atom stereocenters. The van der Waals surface area contributed by atoms with E-state index in [1.165, 1.54) is 4.90 Å². The maximum Gasteiger partial charge on any atom is 0.323 e. The van der Waals surface area contributed by atoms with Crippen LogP contribution in [0.4, 0.5) is 10.6 Å². The lowest BCUT2D eigenvalue weighted by atomic mass is 10.1. The van der Waals surface area contributed by atoms with E-state index in [0.717, 1.165) is 0 Å². The molecule has 0 aliphatic carbocycles. The Hall–Kier alpha value is -1.56. The number of carbonyl (C=O) groups is 1. The van der Waals surface area contributed by atoms with E-state index in [4.69, 9.17) is 4.52 Å². The minimum atomic E-state index is -0.924. The van der Waals surface area contributed by atoms with Gasteiger partial charge in [0.25, 0.3) is 0 Å². The van der Waals surface area contributed by atoms with Crippen LogP contribution in [-0.4, -0.2) is 39.9 Å². The molecule has 6 heteroatoms. The molecule has 96 valence electrons. The molecule has 0 spiro atoms. The maximum absolute atomic E-state index is 11.9. The molecule has 6 nitrogen and oxygen atoms in total. The highest BCUT2D eigenvalue weighted by Crippen LogP contribution is 2.10. The van der Waals surface area contributed by atoms with Crippen LogP contribution in [0.3, 0.4) is 0 Å². The van der Waals surface area contributed by atoms with Crippen molar-refractivity contribution < 1.29 is 14.4 Å². The topological polar surface area (TPSA) is 78.6 Å². The van der Waals surface area contributed by atoms with Crippen molar-refractivity contribution in [1.82, 2.24) is 10.1 Å². The van der Waals surface area contributed by atoms with E-state index >= 15 is 0 Å². The molecule has 0 saturated carbocycles. The summed E-state index contributed by atoms with van der Waals surface area (Å²) < 4.78 is 4.85. The van der Waals surface area contributed by atoms with E-state index in [1.54, 1.807) is 26.8 Å². The second-order valence-electron chi connectivity index (χ2n) is 4.58. The average Bonchev–Trinajstić information content (AvgIpc) is 2.59. The van der Waals surface area contributed by atoms with E-state index in [0.29, 0.717) is 18.1 Å². The number of nitrogens with one attached hydrogen (secondary N) is 1. The predicted octanol–water partition coefficient (Wildman–Crippen LogP) is 1.61. The molecule has 1 rings (SSSR count). The Kier molecular flexibility index (Phi) is 4.11. The summed E-state index contributed by atoms with van der Waals surface area (Å²) in [4.78, 5) is 13.4. The van der Waals surface area contributed by atoms with Crippen LogP contribution in [0.5, 0.6) is 0 Å². The van der Waals surface area contributed by atoms with Crippen molar-refractivity contribution in [3.8, 4) is 0 Å². The van der Waals surface area contributed by atoms with Crippen molar-refractivity contribution in [3.05, 3.63) is 11.8 Å². The lowest BCUT2D eigenvalue weighted by Crippen LogP contribution is -2.44. The first kappa shape index (κ1) is 13.5. The fourth-order valence-electron chi connectivity index (χ4n) is 1.41. The molecule has 1 heterocycles. The number of hydrogen-bond donors (Lipinski definition) is 2. The molecule has 2 N–H and O–H groups in total. The summed E-state index contributed by atoms with van der Waals surface area (Å²) in [6.45, 7) is 7.67. The van der Waals surface area contributed by atoms with Gasteiger partial charge in [-0.15, -0.1) is 0 Å². The van der Waals surface area contributed by atoms with Gasteiger partial charge in [-0.05, 0) is 27.7 Å². The van der Waals surface area contributed by atoms with Crippen LogP contribution in [0.25, 0.3) is 0 Å². The molecule has 0 aliphatic rings. The molecular weight excluding hydrogens is 222 g/mol. The number of aromatic nitrogens is 1. The molecule has 0 unspecified atom stereocenters. The van der Waals surface area contributed by atoms with Gasteiger partial charge in [-0.3, -0.25) is 5.32 Å². The van der Waals surface area contributed by atoms with Gasteiger partial charge in [0.15, 0.2) is 5.82 Å². The second kappa shape index (κ2) is 5.18. The molecule has 1 aromatic rings. The summed E-state index contributed by atoms with van der Waals surface area (Å²) >= 11 is 0. The Bertz CT molecular complexity index is 382. The molecule has 0 fully saturated rings. The first-order chi connectivity index (χ1) is 7.81. The number of likely N-dealkylation sites (N-methyl/N-ethyl adjacent to an activating group) is 1. The molecule has 2 amide bonds. The van der Waals surface area contributed by atoms with Crippen molar-refractivity contribution in [2.24, 2.45) is 0 Å². The zero-order chi connectivity index (χ0) is 13.1. The zero-order valence-corrected chi connectivity index (χ0v) is 10.6. The number of amides is 2. The highest BCUT2D eigenvalue weighted by Gasteiger charge is 2.21. The van der Waals surface area contributed by atoms with Gasteiger partial charge in [-0.2, -0.15) is 0 Å². The smallest absolute Gasteiger partial charge is 0.323 e. The van der Waals surface area contributed by atoms with Gasteiger partial charge in [-0.1, -0.05) is 5.16 Å². The minimum Gasteiger partial charge on any atom is -0.389 e. The van der Waals surface area contributed by atoms with Gasteiger partial charge in [0, 0.05) is 12.6 Å². The molecule has 0 aliphatic heterocycles. The number of anilines is 1. The van der Waals surface area contributed by atoms with Crippen LogP contribution < -0.4 is 5.32 Å². The van der Waals surface area contributed by atoms with E-state index in [9.17, 15) is 9.90 Å². The number of aliphatic hydroxyl groups is 1. The van der Waals surface area contributed by atoms with E-state index in [2.05, 4.69) is 10.5 Å². The van der Waals surface area contributed by atoms with E-state index in [-0.39, 0.29) is 12.6 Å². The monoisotopic (exact) mass is 241 g/mol. The fraction of sp³-hybridized carbons (Fsp3) is 0.636. The Balaban J connectivity index is 2.61. The van der Waals surface area contributed by atoms with Crippen LogP contribution in [0.2, 0.25) is 0 Å². The summed E-state index contributed by atoms with van der Waals surface area (Å²) in [6, 6.07) is 1.33. The summed E-state index contributed by atoms with van der Waals surface area (Å²) in [6.07, 6.45) is 0. The van der Waals surface area contributed by atoms with Crippen LogP contribution in [0, 0.1) is 6.92 Å². The average molecular weight is 241 g/mol. The number of carbonyl (C=O) groups excluding carboxylic acids is 1. The number of aryl methyl sites for hydroxylation is 1. The highest BCUT2D eigenvalue weighted by atomic mass is 16.5. The molecule has 0 bridgehead atoms. The van der Waals surface area contributed by atoms with E-state index in [1.807, 2.05) is 6.92 Å². The van der Waals surface area contributed by atoms with Crippen molar-refractivity contribution in [2.75, 3.05) is 18.4 Å². The maximum atomic E-state index is 11.9. The number of nitrogens with zero attached hydrogens (tertiary/aromatic N) is 2. The van der Waals surface area contributed by atoms with Gasteiger partial charge in [0.2, 0.25) is 0 Å². The van der Waals surface area contributed by atoms with Gasteiger partial charge >= 0.3 is 6.03 Å². The summed E-state index contributed by atoms with van der Waals surface area (Å²) in [5, 5.41) is 16.0. The second-order valence-corrected chi connectivity index (χ2v) is 4.58. The Morgan fingerprint density at radius 3 is 2.71 bits per heavy atom. The summed E-state index contributed by atoms with van der Waals surface area (Å²) in [5.74, 6) is 1.01. The normalized spacial score (nSPS) is 11.4. The molecule has 17 heavy (non-hydrogen) atoms. The van der Waals surface area contributed by atoms with Crippen LogP contribution in [-0.2, 0) is 0 Å². The lowest BCUT2D eigenvalue weighted by Gasteiger charge is -2.27. The molecular formula is C11H19N3O3. The van der Waals surface area contributed by atoms with Crippen molar-refractivity contribution >= 4 is 11.8 Å². The van der Waals surface area contributed by atoms with Crippen LogP contribution >= 0.6 is 0 Å². The summed E-state index contributed by atoms with van der Waals surface area (Å²) in [7, 11) is 0. The number of hydrogen-bond acceptors (Lipinski definition) is 4. The number of urea groups is 1. The third kappa shape index (κ3) is 4.44. The standard InChI is InChI=1S/C11H19N3O3/c1-5-14(7-11(3,4)16)10(15)12-9-6-8(2)17-13-9/h6,16H,5,7H2,1-4H3,(H,12,13,15). The molecule has 0 radical (unpaired) electrons. The van der Waals surface area contributed by atoms with Crippen molar-refractivity contribution in [3.63, 3.8) is 0 Å². The van der Waals surface area contributed by atoms with Gasteiger partial charge in [0.05, 0.1) is 12.1 Å². The SMILES string of the molecule is CCN(CC(C)(C)O)C(=O)Nc1cc(C)on1. The lowest BCUT2D eigenvalue weighted by molar-refractivity contribution is 0.0501. The Labute approximate surface area is 101 Å². The van der Waals surface area contributed by atoms with Crippen LogP contribution in [0.15, 0.2) is 10.6 Å². The molecule has 1 aromatic heterocycles. The molecule has 0 saturated heterocycles. The first-order valence-corrected chi connectivity index (χ1v) is 5.53. The quantitative estimate of drug-likeness (QED) is 0.839. The number of rotatable bonds is 4. The third-order valence-corrected chi connectivity index (χ3v) is 2.11. The zero-order valence-electron chi connectivity index (χ0n) is 10.6. The van der Waals surface area contributed by atoms with Crippen molar-refractivity contribution in [1.29, 1.82) is 0 Å². The Morgan fingerprint density at radius 2 is 2.29 bits per heavy atom. The predicted molar refractivity (Wildman–Crippen MR) is 63.8 cm³/mol. The van der Waals surface area contributed by atoms with E-state index < -0.39 is 5.60 Å². The molecule has 0 aromatic carbocycles. The van der Waals surface area contributed by atoms with Crippen LogP contribution in [0.1, 0.15) is 26.5 Å².